The smallest absolute Gasteiger partial charge is 0.160 e. The Morgan fingerprint density at radius 3 is 1.84 bits per heavy atom. The standard InChI is InChI=1S/C53H37N3/c1-2-12-38(13-3-1)45-17-7-4-14-39(45)25-22-36-23-26-40(27-24-36)51-34-52(49-33-42-15-5-8-18-46(42)47-19-9-10-20-48(47)49)56-53(55-51)41-30-28-37(29-31-41)44-32-43-16-6-11-21-50(43)54-35-44/h1-21,23-24,26-35H,22,25H2. The number of hydrogen-bond donors (Lipinski definition) is 0. The van der Waals surface area contributed by atoms with Crippen molar-refractivity contribution in [1.82, 2.24) is 15.0 Å². The number of aryl methyl sites for hydroxylation is 2. The summed E-state index contributed by atoms with van der Waals surface area (Å²) in [5, 5.41) is 5.94. The maximum absolute atomic E-state index is 5.29. The van der Waals surface area contributed by atoms with E-state index < -0.39 is 0 Å². The molecule has 3 heteroatoms. The van der Waals surface area contributed by atoms with Crippen LogP contribution in [0.15, 0.2) is 200 Å². The van der Waals surface area contributed by atoms with Crippen LogP contribution in [0.1, 0.15) is 11.1 Å². The summed E-state index contributed by atoms with van der Waals surface area (Å²) in [4.78, 5) is 15.2. The molecule has 0 unspecified atom stereocenters. The molecule has 2 aromatic heterocycles. The summed E-state index contributed by atoms with van der Waals surface area (Å²) in [6.07, 6.45) is 3.86. The highest BCUT2D eigenvalue weighted by Gasteiger charge is 2.15. The van der Waals surface area contributed by atoms with Crippen LogP contribution in [0.3, 0.4) is 0 Å². The van der Waals surface area contributed by atoms with Crippen LogP contribution in [0.5, 0.6) is 0 Å². The van der Waals surface area contributed by atoms with E-state index >= 15 is 0 Å². The molecular weight excluding hydrogens is 679 g/mol. The molecular formula is C53H37N3. The number of rotatable bonds is 8. The van der Waals surface area contributed by atoms with Gasteiger partial charge in [0.2, 0.25) is 0 Å². The predicted octanol–water partition coefficient (Wildman–Crippen LogP) is 13.5. The maximum atomic E-state index is 5.29. The molecule has 0 aliphatic rings. The molecule has 0 aliphatic carbocycles. The van der Waals surface area contributed by atoms with Crippen molar-refractivity contribution in [2.24, 2.45) is 0 Å². The van der Waals surface area contributed by atoms with Crippen molar-refractivity contribution >= 4 is 32.4 Å². The molecule has 56 heavy (non-hydrogen) atoms. The molecule has 264 valence electrons. The third-order valence-electron chi connectivity index (χ3n) is 10.9. The quantitative estimate of drug-likeness (QED) is 0.147. The monoisotopic (exact) mass is 715 g/mol. The number of aromatic nitrogens is 3. The molecule has 0 atom stereocenters. The van der Waals surface area contributed by atoms with Crippen molar-refractivity contribution in [2.75, 3.05) is 0 Å². The molecule has 10 rings (SSSR count). The van der Waals surface area contributed by atoms with E-state index in [1.807, 2.05) is 18.3 Å². The lowest BCUT2D eigenvalue weighted by molar-refractivity contribution is 0.962. The average molecular weight is 716 g/mol. The zero-order chi connectivity index (χ0) is 37.3. The fraction of sp³-hybridized carbons (Fsp3) is 0.0377. The number of hydrogen-bond acceptors (Lipinski definition) is 3. The highest BCUT2D eigenvalue weighted by molar-refractivity contribution is 6.13. The second-order valence-corrected chi connectivity index (χ2v) is 14.4. The highest BCUT2D eigenvalue weighted by Crippen LogP contribution is 2.37. The molecule has 0 bridgehead atoms. The molecule has 8 aromatic carbocycles. The van der Waals surface area contributed by atoms with Crippen LogP contribution in [-0.2, 0) is 12.8 Å². The van der Waals surface area contributed by atoms with Crippen LogP contribution < -0.4 is 0 Å². The second-order valence-electron chi connectivity index (χ2n) is 14.4. The third kappa shape index (κ3) is 6.50. The van der Waals surface area contributed by atoms with E-state index in [0.717, 1.165) is 62.9 Å². The summed E-state index contributed by atoms with van der Waals surface area (Å²) >= 11 is 0. The van der Waals surface area contributed by atoms with E-state index in [0.29, 0.717) is 5.82 Å². The molecule has 0 aliphatic heterocycles. The summed E-state index contributed by atoms with van der Waals surface area (Å²) < 4.78 is 0. The van der Waals surface area contributed by atoms with Gasteiger partial charge in [0.25, 0.3) is 0 Å². The van der Waals surface area contributed by atoms with Gasteiger partial charge in [-0.1, -0.05) is 170 Å². The molecule has 0 saturated carbocycles. The van der Waals surface area contributed by atoms with Gasteiger partial charge < -0.3 is 0 Å². The van der Waals surface area contributed by atoms with Crippen LogP contribution in [0, 0.1) is 0 Å². The lowest BCUT2D eigenvalue weighted by Crippen LogP contribution is -1.97. The lowest BCUT2D eigenvalue weighted by atomic mass is 9.94. The molecule has 0 N–H and O–H groups in total. The van der Waals surface area contributed by atoms with Gasteiger partial charge in [-0.3, -0.25) is 4.98 Å². The third-order valence-corrected chi connectivity index (χ3v) is 10.9. The normalized spacial score (nSPS) is 11.4. The van der Waals surface area contributed by atoms with E-state index in [1.165, 1.54) is 43.8 Å². The Morgan fingerprint density at radius 1 is 0.357 bits per heavy atom. The van der Waals surface area contributed by atoms with E-state index in [4.69, 9.17) is 15.0 Å². The SMILES string of the molecule is c1ccc(-c2ccccc2CCc2ccc(-c3cc(-c4cc5ccccc5c5ccccc45)nc(-c4ccc(-c5cnc6ccccc6c5)cc4)n3)cc2)cc1. The van der Waals surface area contributed by atoms with Crippen LogP contribution in [0.2, 0.25) is 0 Å². The Bertz CT molecular complexity index is 3000. The number of pyridine rings is 1. The summed E-state index contributed by atoms with van der Waals surface area (Å²) in [6.45, 7) is 0. The van der Waals surface area contributed by atoms with Crippen molar-refractivity contribution in [3.05, 3.63) is 211 Å². The molecule has 10 aromatic rings. The van der Waals surface area contributed by atoms with E-state index in [9.17, 15) is 0 Å². The molecule has 0 saturated heterocycles. The summed E-state index contributed by atoms with van der Waals surface area (Å²) in [5.41, 5.74) is 13.3. The van der Waals surface area contributed by atoms with Crippen LogP contribution >= 0.6 is 0 Å². The van der Waals surface area contributed by atoms with Crippen molar-refractivity contribution in [3.8, 4) is 56.2 Å². The Kier molecular flexibility index (Phi) is 8.66. The van der Waals surface area contributed by atoms with Gasteiger partial charge in [-0.15, -0.1) is 0 Å². The zero-order valence-electron chi connectivity index (χ0n) is 30.8. The minimum atomic E-state index is 0.694. The molecule has 0 spiro atoms. The first-order chi connectivity index (χ1) is 27.7. The first-order valence-corrected chi connectivity index (χ1v) is 19.2. The molecule has 3 nitrogen and oxygen atoms in total. The molecule has 0 radical (unpaired) electrons. The fourth-order valence-corrected chi connectivity index (χ4v) is 7.93. The number of fused-ring (bicyclic) bond motifs is 4. The van der Waals surface area contributed by atoms with Gasteiger partial charge in [-0.25, -0.2) is 9.97 Å². The number of para-hydroxylation sites is 1. The highest BCUT2D eigenvalue weighted by atomic mass is 14.9. The van der Waals surface area contributed by atoms with Crippen molar-refractivity contribution in [2.45, 2.75) is 12.8 Å². The second kappa shape index (κ2) is 14.5. The Morgan fingerprint density at radius 2 is 1.00 bits per heavy atom. The minimum absolute atomic E-state index is 0.694. The van der Waals surface area contributed by atoms with Gasteiger partial charge in [0, 0.05) is 33.8 Å². The van der Waals surface area contributed by atoms with Gasteiger partial charge in [0.05, 0.1) is 16.9 Å². The average Bonchev–Trinajstić information content (AvgIpc) is 3.28. The Balaban J connectivity index is 1.03. The summed E-state index contributed by atoms with van der Waals surface area (Å²) in [7, 11) is 0. The van der Waals surface area contributed by atoms with Gasteiger partial charge in [-0.05, 0) is 86.5 Å². The number of benzene rings is 8. The zero-order valence-corrected chi connectivity index (χ0v) is 30.8. The number of nitrogens with zero attached hydrogens (tertiary/aromatic N) is 3. The molecule has 0 amide bonds. The summed E-state index contributed by atoms with van der Waals surface area (Å²) in [6, 6.07) is 69.0. The summed E-state index contributed by atoms with van der Waals surface area (Å²) in [5.74, 6) is 0.694. The predicted molar refractivity (Wildman–Crippen MR) is 233 cm³/mol. The van der Waals surface area contributed by atoms with Crippen LogP contribution in [0.4, 0.5) is 0 Å². The molecule has 2 heterocycles. The molecule has 0 fully saturated rings. The van der Waals surface area contributed by atoms with Crippen LogP contribution in [0.25, 0.3) is 88.6 Å². The fourth-order valence-electron chi connectivity index (χ4n) is 7.93. The van der Waals surface area contributed by atoms with Gasteiger partial charge in [-0.2, -0.15) is 0 Å². The maximum Gasteiger partial charge on any atom is 0.160 e. The largest absolute Gasteiger partial charge is 0.256 e. The Labute approximate surface area is 326 Å². The minimum Gasteiger partial charge on any atom is -0.256 e. The Hall–Kier alpha value is -7.23. The first kappa shape index (κ1) is 33.3. The first-order valence-electron chi connectivity index (χ1n) is 19.2. The van der Waals surface area contributed by atoms with E-state index in [2.05, 4.69) is 182 Å². The van der Waals surface area contributed by atoms with Gasteiger partial charge >= 0.3 is 0 Å². The van der Waals surface area contributed by atoms with E-state index in [-0.39, 0.29) is 0 Å². The van der Waals surface area contributed by atoms with E-state index in [1.54, 1.807) is 0 Å². The lowest BCUT2D eigenvalue weighted by Gasteiger charge is -2.14. The van der Waals surface area contributed by atoms with Crippen molar-refractivity contribution in [1.29, 1.82) is 0 Å². The van der Waals surface area contributed by atoms with Gasteiger partial charge in [0.1, 0.15) is 0 Å². The van der Waals surface area contributed by atoms with Crippen LogP contribution in [-0.4, -0.2) is 15.0 Å². The van der Waals surface area contributed by atoms with Crippen molar-refractivity contribution < 1.29 is 0 Å². The van der Waals surface area contributed by atoms with Gasteiger partial charge in [0.15, 0.2) is 5.82 Å². The topological polar surface area (TPSA) is 38.7 Å². The van der Waals surface area contributed by atoms with Crippen molar-refractivity contribution in [3.63, 3.8) is 0 Å².